The molecule has 1 aliphatic carbocycles. The molecule has 1 aromatic heterocycles. The van der Waals surface area contributed by atoms with Crippen LogP contribution in [0.25, 0.3) is 5.69 Å². The fourth-order valence-electron chi connectivity index (χ4n) is 4.48. The van der Waals surface area contributed by atoms with Crippen LogP contribution in [-0.2, 0) is 10.3 Å². The summed E-state index contributed by atoms with van der Waals surface area (Å²) in [4.78, 5) is 27.1. The molecule has 4 rings (SSSR count). The second-order valence-corrected chi connectivity index (χ2v) is 8.75. The summed E-state index contributed by atoms with van der Waals surface area (Å²) < 4.78 is 6.74. The molecule has 1 N–H and O–H groups in total. The van der Waals surface area contributed by atoms with E-state index >= 15 is 0 Å². The lowest BCUT2D eigenvalue weighted by atomic mass is 9.75. The number of urea groups is 1. The highest BCUT2D eigenvalue weighted by Gasteiger charge is 2.46. The van der Waals surface area contributed by atoms with Gasteiger partial charge in [-0.3, -0.25) is 0 Å². The number of carbonyl (C=O) groups is 2. The lowest BCUT2D eigenvalue weighted by Crippen LogP contribution is -2.52. The third-order valence-electron chi connectivity index (χ3n) is 6.58. The highest BCUT2D eigenvalue weighted by atomic mass is 16.5. The molecule has 0 radical (unpaired) electrons. The summed E-state index contributed by atoms with van der Waals surface area (Å²) in [7, 11) is 1.80. The van der Waals surface area contributed by atoms with Crippen molar-refractivity contribution in [1.82, 2.24) is 25.1 Å². The Balaban J connectivity index is 1.67. The molecule has 34 heavy (non-hydrogen) atoms. The topological polar surface area (TPSA) is 102 Å². The molecule has 9 heteroatoms. The first-order valence-electron chi connectivity index (χ1n) is 11.6. The minimum atomic E-state index is -0.672. The quantitative estimate of drug-likeness (QED) is 0.545. The Hall–Kier alpha value is -3.75. The number of benzene rings is 2. The van der Waals surface area contributed by atoms with Gasteiger partial charge in [0.25, 0.3) is 0 Å². The number of hydrogen-bond acceptors (Lipinski definition) is 6. The molecule has 1 saturated carbocycles. The number of nitrogens with one attached hydrogen (secondary N) is 1. The van der Waals surface area contributed by atoms with Crippen LogP contribution in [0.3, 0.4) is 0 Å². The second kappa shape index (κ2) is 10.0. The molecule has 1 heterocycles. The van der Waals surface area contributed by atoms with Crippen molar-refractivity contribution in [2.24, 2.45) is 5.92 Å². The van der Waals surface area contributed by atoms with Gasteiger partial charge in [-0.1, -0.05) is 25.1 Å². The smallest absolute Gasteiger partial charge is 0.338 e. The van der Waals surface area contributed by atoms with Crippen molar-refractivity contribution in [2.45, 2.75) is 45.1 Å². The van der Waals surface area contributed by atoms with E-state index in [0.717, 1.165) is 31.4 Å². The van der Waals surface area contributed by atoms with E-state index in [2.05, 4.69) is 27.8 Å². The number of aromatic nitrogens is 4. The summed E-state index contributed by atoms with van der Waals surface area (Å²) in [5.41, 5.74) is 1.23. The number of para-hydroxylation sites is 1. The van der Waals surface area contributed by atoms with Crippen LogP contribution in [0, 0.1) is 5.92 Å². The van der Waals surface area contributed by atoms with Crippen molar-refractivity contribution in [3.8, 4) is 5.69 Å². The van der Waals surface area contributed by atoms with Crippen LogP contribution in [0.1, 0.15) is 55.7 Å². The van der Waals surface area contributed by atoms with Gasteiger partial charge in [-0.2, -0.15) is 4.68 Å². The third kappa shape index (κ3) is 4.64. The zero-order valence-corrected chi connectivity index (χ0v) is 19.8. The average molecular weight is 463 g/mol. The summed E-state index contributed by atoms with van der Waals surface area (Å²) in [5, 5.41) is 15.6. The molecule has 0 atom stereocenters. The standard InChI is InChI=1S/C25H30N6O3/c1-4-34-22(32)19-10-12-21(13-11-19)31-23(27-28-29-31)25(16-14-18(2)15-17-25)30(3)24(33)26-20-8-6-5-7-9-20/h5-13,18H,4,14-17H2,1-3H3,(H,26,33). The van der Waals surface area contributed by atoms with Crippen molar-refractivity contribution >= 4 is 17.7 Å². The van der Waals surface area contributed by atoms with E-state index in [9.17, 15) is 9.59 Å². The Kier molecular flexibility index (Phi) is 6.90. The molecule has 9 nitrogen and oxygen atoms in total. The van der Waals surface area contributed by atoms with Crippen molar-refractivity contribution in [3.05, 3.63) is 66.0 Å². The molecule has 1 fully saturated rings. The SMILES string of the molecule is CCOC(=O)c1ccc(-n2nnnc2C2(N(C)C(=O)Nc3ccccc3)CCC(C)CC2)cc1. The van der Waals surface area contributed by atoms with E-state index < -0.39 is 5.54 Å². The molecule has 1 aliphatic rings. The van der Waals surface area contributed by atoms with Crippen molar-refractivity contribution in [1.29, 1.82) is 0 Å². The zero-order valence-electron chi connectivity index (χ0n) is 19.8. The largest absolute Gasteiger partial charge is 0.462 e. The number of esters is 1. The molecule has 178 valence electrons. The number of rotatable bonds is 6. The van der Waals surface area contributed by atoms with Crippen LogP contribution >= 0.6 is 0 Å². The molecule has 0 saturated heterocycles. The van der Waals surface area contributed by atoms with Gasteiger partial charge in [-0.05, 0) is 85.3 Å². The Morgan fingerprint density at radius 1 is 1.12 bits per heavy atom. The molecule has 3 aromatic rings. The normalized spacial score (nSPS) is 19.9. The fraction of sp³-hybridized carbons (Fsp3) is 0.400. The van der Waals surface area contributed by atoms with Crippen LogP contribution < -0.4 is 5.32 Å². The van der Waals surface area contributed by atoms with Gasteiger partial charge in [0, 0.05) is 12.7 Å². The maximum absolute atomic E-state index is 13.3. The average Bonchev–Trinajstić information content (AvgIpc) is 3.36. The van der Waals surface area contributed by atoms with E-state index in [0.29, 0.717) is 29.6 Å². The van der Waals surface area contributed by atoms with Gasteiger partial charge in [0.2, 0.25) is 0 Å². The molecule has 0 bridgehead atoms. The molecule has 0 aliphatic heterocycles. The van der Waals surface area contributed by atoms with Gasteiger partial charge < -0.3 is 15.0 Å². The minimum absolute atomic E-state index is 0.215. The summed E-state index contributed by atoms with van der Waals surface area (Å²) in [6.07, 6.45) is 3.40. The van der Waals surface area contributed by atoms with Gasteiger partial charge in [0.15, 0.2) is 5.82 Å². The van der Waals surface area contributed by atoms with Crippen LogP contribution in [0.15, 0.2) is 54.6 Å². The predicted octanol–water partition coefficient (Wildman–Crippen LogP) is 4.41. The Bertz CT molecular complexity index is 1120. The number of carbonyl (C=O) groups excluding carboxylic acids is 2. The summed E-state index contributed by atoms with van der Waals surface area (Å²) in [6.45, 7) is 4.32. The van der Waals surface area contributed by atoms with Gasteiger partial charge in [-0.15, -0.1) is 5.10 Å². The Morgan fingerprint density at radius 3 is 2.44 bits per heavy atom. The van der Waals surface area contributed by atoms with Gasteiger partial charge in [-0.25, -0.2) is 9.59 Å². The second-order valence-electron chi connectivity index (χ2n) is 8.75. The first-order chi connectivity index (χ1) is 16.4. The van der Waals surface area contributed by atoms with Crippen molar-refractivity contribution in [3.63, 3.8) is 0 Å². The number of tetrazole rings is 1. The lowest BCUT2D eigenvalue weighted by Gasteiger charge is -2.44. The molecule has 0 unspecified atom stereocenters. The molecule has 2 aromatic carbocycles. The number of hydrogen-bond donors (Lipinski definition) is 1. The maximum Gasteiger partial charge on any atom is 0.338 e. The van der Waals surface area contributed by atoms with Gasteiger partial charge in [0.1, 0.15) is 5.54 Å². The van der Waals surface area contributed by atoms with E-state index in [1.807, 2.05) is 30.3 Å². The Labute approximate surface area is 199 Å². The van der Waals surface area contributed by atoms with Crippen molar-refractivity contribution < 1.29 is 14.3 Å². The molecule has 2 amide bonds. The van der Waals surface area contributed by atoms with Crippen LogP contribution in [0.4, 0.5) is 10.5 Å². The van der Waals surface area contributed by atoms with E-state index in [4.69, 9.17) is 4.74 Å². The van der Waals surface area contributed by atoms with Crippen LogP contribution in [0.2, 0.25) is 0 Å². The number of amides is 2. The third-order valence-corrected chi connectivity index (χ3v) is 6.58. The van der Waals surface area contributed by atoms with Crippen molar-refractivity contribution in [2.75, 3.05) is 19.0 Å². The number of nitrogens with zero attached hydrogens (tertiary/aromatic N) is 5. The van der Waals surface area contributed by atoms with E-state index in [1.165, 1.54) is 0 Å². The van der Waals surface area contributed by atoms with Gasteiger partial charge >= 0.3 is 12.0 Å². The predicted molar refractivity (Wildman–Crippen MR) is 128 cm³/mol. The van der Waals surface area contributed by atoms with Gasteiger partial charge in [0.05, 0.1) is 17.9 Å². The minimum Gasteiger partial charge on any atom is -0.462 e. The first kappa shape index (κ1) is 23.4. The number of anilines is 1. The lowest BCUT2D eigenvalue weighted by molar-refractivity contribution is 0.0526. The van der Waals surface area contributed by atoms with E-state index in [-0.39, 0.29) is 12.0 Å². The maximum atomic E-state index is 13.3. The van der Waals surface area contributed by atoms with Crippen LogP contribution in [-0.4, -0.2) is 50.8 Å². The van der Waals surface area contributed by atoms with Crippen LogP contribution in [0.5, 0.6) is 0 Å². The summed E-state index contributed by atoms with van der Waals surface area (Å²) >= 11 is 0. The first-order valence-corrected chi connectivity index (χ1v) is 11.6. The fourth-order valence-corrected chi connectivity index (χ4v) is 4.48. The molecule has 0 spiro atoms. The highest BCUT2D eigenvalue weighted by molar-refractivity contribution is 5.90. The number of ether oxygens (including phenoxy) is 1. The van der Waals surface area contributed by atoms with E-state index in [1.54, 1.807) is 47.8 Å². The Morgan fingerprint density at radius 2 is 1.79 bits per heavy atom. The monoisotopic (exact) mass is 462 g/mol. The molecular weight excluding hydrogens is 432 g/mol. The summed E-state index contributed by atoms with van der Waals surface area (Å²) in [6, 6.07) is 16.1. The highest BCUT2D eigenvalue weighted by Crippen LogP contribution is 2.43. The zero-order chi connectivity index (χ0) is 24.1. The molecular formula is C25H30N6O3. The summed E-state index contributed by atoms with van der Waals surface area (Å²) in [5.74, 6) is 0.793.